The van der Waals surface area contributed by atoms with E-state index in [1.165, 1.54) is 4.88 Å². The number of rotatable bonds is 8. The van der Waals surface area contributed by atoms with Crippen molar-refractivity contribution in [3.05, 3.63) is 52.2 Å². The molecule has 21 heavy (non-hydrogen) atoms. The van der Waals surface area contributed by atoms with Gasteiger partial charge in [-0.3, -0.25) is 0 Å². The van der Waals surface area contributed by atoms with Gasteiger partial charge in [0.05, 0.1) is 0 Å². The molecule has 114 valence electrons. The van der Waals surface area contributed by atoms with Crippen LogP contribution in [0.15, 0.2) is 41.8 Å². The molecular formula is C16H19F2NOS. The van der Waals surface area contributed by atoms with Crippen molar-refractivity contribution in [2.45, 2.75) is 32.4 Å². The lowest BCUT2D eigenvalue weighted by molar-refractivity contribution is -0.0499. The molecule has 0 aliphatic carbocycles. The Morgan fingerprint density at radius 3 is 2.76 bits per heavy atom. The lowest BCUT2D eigenvalue weighted by Crippen LogP contribution is -2.23. The Morgan fingerprint density at radius 1 is 1.24 bits per heavy atom. The van der Waals surface area contributed by atoms with Crippen molar-refractivity contribution in [1.29, 1.82) is 0 Å². The van der Waals surface area contributed by atoms with Crippen molar-refractivity contribution in [3.8, 4) is 5.75 Å². The molecule has 2 rings (SSSR count). The van der Waals surface area contributed by atoms with Crippen molar-refractivity contribution in [2.75, 3.05) is 6.54 Å². The average Bonchev–Trinajstić information content (AvgIpc) is 2.96. The minimum Gasteiger partial charge on any atom is -0.435 e. The van der Waals surface area contributed by atoms with Crippen molar-refractivity contribution in [1.82, 2.24) is 5.32 Å². The number of ether oxygens (including phenoxy) is 1. The van der Waals surface area contributed by atoms with E-state index >= 15 is 0 Å². The van der Waals surface area contributed by atoms with E-state index in [0.717, 1.165) is 24.9 Å². The molecule has 2 nitrogen and oxygen atoms in total. The molecule has 0 aliphatic heterocycles. The summed E-state index contributed by atoms with van der Waals surface area (Å²) in [6.07, 6.45) is 1.87. The van der Waals surface area contributed by atoms with Gasteiger partial charge in [-0.2, -0.15) is 8.78 Å². The van der Waals surface area contributed by atoms with Gasteiger partial charge in [-0.05, 0) is 42.1 Å². The highest BCUT2D eigenvalue weighted by Crippen LogP contribution is 2.25. The topological polar surface area (TPSA) is 21.3 Å². The molecule has 1 atom stereocenters. The largest absolute Gasteiger partial charge is 0.435 e. The molecule has 1 aromatic carbocycles. The highest BCUT2D eigenvalue weighted by Gasteiger charge is 2.14. The molecule has 2 aromatic rings. The number of thiophene rings is 1. The first-order valence-electron chi connectivity index (χ1n) is 6.99. The summed E-state index contributed by atoms with van der Waals surface area (Å²) in [5.74, 6) is 0.206. The molecule has 5 heteroatoms. The second-order valence-electron chi connectivity index (χ2n) is 4.74. The first-order chi connectivity index (χ1) is 10.2. The summed E-state index contributed by atoms with van der Waals surface area (Å²) in [6.45, 7) is 0.196. The number of alkyl halides is 2. The van der Waals surface area contributed by atoms with Gasteiger partial charge >= 0.3 is 6.61 Å². The molecule has 1 heterocycles. The Kier molecular flexibility index (Phi) is 6.14. The van der Waals surface area contributed by atoms with Gasteiger partial charge < -0.3 is 10.1 Å². The normalized spacial score (nSPS) is 12.6. The lowest BCUT2D eigenvalue weighted by atomic mass is 10.0. The second-order valence-corrected chi connectivity index (χ2v) is 5.77. The quantitative estimate of drug-likeness (QED) is 0.767. The van der Waals surface area contributed by atoms with Crippen LogP contribution in [0.3, 0.4) is 0 Å². The third-order valence-electron chi connectivity index (χ3n) is 3.11. The molecule has 0 amide bonds. The van der Waals surface area contributed by atoms with Crippen LogP contribution in [0, 0.1) is 0 Å². The van der Waals surface area contributed by atoms with Gasteiger partial charge in [-0.25, -0.2) is 0 Å². The SMILES string of the molecule is CCCNC(Cc1cccs1)c1cccc(OC(F)F)c1. The molecule has 0 aliphatic rings. The summed E-state index contributed by atoms with van der Waals surface area (Å²) in [6, 6.07) is 11.1. The predicted octanol–water partition coefficient (Wildman–Crippen LogP) is 4.63. The number of nitrogens with one attached hydrogen (secondary N) is 1. The first-order valence-corrected chi connectivity index (χ1v) is 7.87. The van der Waals surface area contributed by atoms with Crippen molar-refractivity contribution in [2.24, 2.45) is 0 Å². The maximum Gasteiger partial charge on any atom is 0.387 e. The van der Waals surface area contributed by atoms with E-state index in [0.29, 0.717) is 0 Å². The number of hydrogen-bond donors (Lipinski definition) is 1. The van der Waals surface area contributed by atoms with Crippen LogP contribution in [0.4, 0.5) is 8.78 Å². The molecule has 0 radical (unpaired) electrons. The third-order valence-corrected chi connectivity index (χ3v) is 4.01. The number of halogens is 2. The summed E-state index contributed by atoms with van der Waals surface area (Å²) in [5.41, 5.74) is 0.968. The minimum atomic E-state index is -2.79. The van der Waals surface area contributed by atoms with Crippen LogP contribution in [-0.2, 0) is 6.42 Å². The van der Waals surface area contributed by atoms with E-state index < -0.39 is 6.61 Å². The third kappa shape index (κ3) is 5.10. The van der Waals surface area contributed by atoms with Gasteiger partial charge in [-0.15, -0.1) is 11.3 Å². The van der Waals surface area contributed by atoms with Crippen LogP contribution >= 0.6 is 11.3 Å². The van der Waals surface area contributed by atoms with E-state index in [-0.39, 0.29) is 11.8 Å². The summed E-state index contributed by atoms with van der Waals surface area (Å²) in [7, 11) is 0. The van der Waals surface area contributed by atoms with Crippen molar-refractivity contribution in [3.63, 3.8) is 0 Å². The molecule has 0 fully saturated rings. The van der Waals surface area contributed by atoms with Crippen LogP contribution in [0.2, 0.25) is 0 Å². The standard InChI is InChI=1S/C16H19F2NOS/c1-2-8-19-15(11-14-7-4-9-21-14)12-5-3-6-13(10-12)20-16(17)18/h3-7,9-10,15-16,19H,2,8,11H2,1H3. The van der Waals surface area contributed by atoms with Gasteiger partial charge in [0.25, 0.3) is 0 Å². The maximum absolute atomic E-state index is 12.3. The molecule has 0 bridgehead atoms. The highest BCUT2D eigenvalue weighted by molar-refractivity contribution is 7.09. The predicted molar refractivity (Wildman–Crippen MR) is 82.1 cm³/mol. The van der Waals surface area contributed by atoms with Crippen molar-refractivity contribution >= 4 is 11.3 Å². The monoisotopic (exact) mass is 311 g/mol. The molecule has 0 saturated carbocycles. The second kappa shape index (κ2) is 8.10. The Bertz CT molecular complexity index is 531. The van der Waals surface area contributed by atoms with Crippen LogP contribution in [0.25, 0.3) is 0 Å². The van der Waals surface area contributed by atoms with Gasteiger partial charge in [0, 0.05) is 17.3 Å². The maximum atomic E-state index is 12.3. The van der Waals surface area contributed by atoms with Crippen LogP contribution < -0.4 is 10.1 Å². The van der Waals surface area contributed by atoms with E-state index in [4.69, 9.17) is 0 Å². The Labute approximate surface area is 127 Å². The van der Waals surface area contributed by atoms with E-state index in [9.17, 15) is 8.78 Å². The van der Waals surface area contributed by atoms with Crippen molar-refractivity contribution < 1.29 is 13.5 Å². The molecule has 1 aromatic heterocycles. The lowest BCUT2D eigenvalue weighted by Gasteiger charge is -2.19. The van der Waals surface area contributed by atoms with Crippen LogP contribution in [0.5, 0.6) is 5.75 Å². The van der Waals surface area contributed by atoms with E-state index in [1.807, 2.05) is 17.5 Å². The van der Waals surface area contributed by atoms with Crippen LogP contribution in [-0.4, -0.2) is 13.2 Å². The van der Waals surface area contributed by atoms with Gasteiger partial charge in [0.2, 0.25) is 0 Å². The Balaban J connectivity index is 2.14. The number of benzene rings is 1. The zero-order chi connectivity index (χ0) is 15.1. The smallest absolute Gasteiger partial charge is 0.387 e. The highest BCUT2D eigenvalue weighted by atomic mass is 32.1. The Morgan fingerprint density at radius 2 is 2.10 bits per heavy atom. The molecule has 0 saturated heterocycles. The van der Waals surface area contributed by atoms with E-state index in [2.05, 4.69) is 23.0 Å². The average molecular weight is 311 g/mol. The van der Waals surface area contributed by atoms with Gasteiger partial charge in [0.15, 0.2) is 0 Å². The van der Waals surface area contributed by atoms with E-state index in [1.54, 1.807) is 29.5 Å². The molecule has 1 N–H and O–H groups in total. The fourth-order valence-electron chi connectivity index (χ4n) is 2.16. The minimum absolute atomic E-state index is 0.102. The van der Waals surface area contributed by atoms with Crippen LogP contribution in [0.1, 0.15) is 29.8 Å². The summed E-state index contributed by atoms with van der Waals surface area (Å²) >= 11 is 1.70. The van der Waals surface area contributed by atoms with Gasteiger partial charge in [-0.1, -0.05) is 25.1 Å². The zero-order valence-electron chi connectivity index (χ0n) is 11.9. The molecule has 1 unspecified atom stereocenters. The fourth-order valence-corrected chi connectivity index (χ4v) is 2.92. The molecule has 0 spiro atoms. The first kappa shape index (κ1) is 15.9. The fraction of sp³-hybridized carbons (Fsp3) is 0.375. The summed E-state index contributed by atoms with van der Waals surface area (Å²) in [4.78, 5) is 1.27. The Hall–Kier alpha value is -1.46. The van der Waals surface area contributed by atoms with Gasteiger partial charge in [0.1, 0.15) is 5.75 Å². The summed E-state index contributed by atoms with van der Waals surface area (Å²) in [5, 5.41) is 5.51. The number of hydrogen-bond acceptors (Lipinski definition) is 3. The molecular weight excluding hydrogens is 292 g/mol. The summed E-state index contributed by atoms with van der Waals surface area (Å²) < 4.78 is 29.1. The zero-order valence-corrected chi connectivity index (χ0v) is 12.7.